The molecule has 3 aromatic rings. The number of nitrogens with zero attached hydrogens (tertiary/aromatic N) is 2. The van der Waals surface area contributed by atoms with Crippen molar-refractivity contribution in [1.82, 2.24) is 10.2 Å². The SMILES string of the molecule is CCOc1ccccc1Nc1nnc(SCC(=O)Nc2cccc(S(N)(=O)=O)c2)s1. The maximum absolute atomic E-state index is 12.2. The zero-order valence-corrected chi connectivity index (χ0v) is 18.3. The van der Waals surface area contributed by atoms with Crippen LogP contribution in [0.5, 0.6) is 5.75 Å². The van der Waals surface area contributed by atoms with Gasteiger partial charge in [-0.05, 0) is 37.3 Å². The van der Waals surface area contributed by atoms with E-state index in [4.69, 9.17) is 9.88 Å². The predicted molar refractivity (Wildman–Crippen MR) is 118 cm³/mol. The number of thioether (sulfide) groups is 1. The molecule has 0 unspecified atom stereocenters. The van der Waals surface area contributed by atoms with Crippen molar-refractivity contribution in [2.45, 2.75) is 16.2 Å². The Balaban J connectivity index is 1.56. The Kier molecular flexibility index (Phi) is 7.26. The van der Waals surface area contributed by atoms with Crippen molar-refractivity contribution in [3.05, 3.63) is 48.5 Å². The van der Waals surface area contributed by atoms with Crippen LogP contribution in [0.2, 0.25) is 0 Å². The first-order valence-electron chi connectivity index (χ1n) is 8.73. The molecule has 30 heavy (non-hydrogen) atoms. The Morgan fingerprint density at radius 2 is 2.00 bits per heavy atom. The van der Waals surface area contributed by atoms with Crippen LogP contribution in [0, 0.1) is 0 Å². The third-order valence-electron chi connectivity index (χ3n) is 3.61. The van der Waals surface area contributed by atoms with Gasteiger partial charge in [-0.3, -0.25) is 4.79 Å². The Morgan fingerprint density at radius 1 is 1.20 bits per heavy atom. The Bertz CT molecular complexity index is 1130. The van der Waals surface area contributed by atoms with E-state index < -0.39 is 10.0 Å². The van der Waals surface area contributed by atoms with Gasteiger partial charge in [0.05, 0.1) is 22.9 Å². The number of carbonyl (C=O) groups excluding carboxylic acids is 1. The van der Waals surface area contributed by atoms with Crippen molar-refractivity contribution >= 4 is 55.5 Å². The number of hydrogen-bond acceptors (Lipinski definition) is 9. The van der Waals surface area contributed by atoms with Gasteiger partial charge < -0.3 is 15.4 Å². The normalized spacial score (nSPS) is 11.1. The first kappa shape index (κ1) is 22.0. The fourth-order valence-electron chi connectivity index (χ4n) is 2.36. The molecule has 1 aromatic heterocycles. The average molecular weight is 466 g/mol. The minimum atomic E-state index is -3.84. The number of rotatable bonds is 9. The van der Waals surface area contributed by atoms with Gasteiger partial charge in [0, 0.05) is 5.69 Å². The molecule has 0 aliphatic rings. The number of benzene rings is 2. The second-order valence-electron chi connectivity index (χ2n) is 5.84. The van der Waals surface area contributed by atoms with E-state index in [0.717, 1.165) is 5.69 Å². The number of ether oxygens (including phenoxy) is 1. The number of carbonyl (C=O) groups is 1. The van der Waals surface area contributed by atoms with Crippen LogP contribution >= 0.6 is 23.1 Å². The topological polar surface area (TPSA) is 136 Å². The molecule has 0 radical (unpaired) electrons. The van der Waals surface area contributed by atoms with E-state index in [-0.39, 0.29) is 16.6 Å². The van der Waals surface area contributed by atoms with E-state index in [1.165, 1.54) is 41.3 Å². The van der Waals surface area contributed by atoms with Gasteiger partial charge in [-0.15, -0.1) is 10.2 Å². The number of nitrogens with one attached hydrogen (secondary N) is 2. The lowest BCUT2D eigenvalue weighted by Gasteiger charge is -2.09. The molecular weight excluding hydrogens is 446 g/mol. The van der Waals surface area contributed by atoms with Gasteiger partial charge in [-0.1, -0.05) is 41.3 Å². The highest BCUT2D eigenvalue weighted by atomic mass is 32.2. The summed E-state index contributed by atoms with van der Waals surface area (Å²) in [5.74, 6) is 0.493. The molecule has 0 spiro atoms. The molecule has 1 amide bonds. The molecule has 158 valence electrons. The van der Waals surface area contributed by atoms with E-state index in [0.29, 0.717) is 27.5 Å². The van der Waals surface area contributed by atoms with Crippen LogP contribution in [-0.2, 0) is 14.8 Å². The first-order chi connectivity index (χ1) is 14.3. The monoisotopic (exact) mass is 465 g/mol. The van der Waals surface area contributed by atoms with Crippen LogP contribution in [0.4, 0.5) is 16.5 Å². The average Bonchev–Trinajstić information content (AvgIpc) is 3.15. The Morgan fingerprint density at radius 3 is 2.77 bits per heavy atom. The summed E-state index contributed by atoms with van der Waals surface area (Å²) in [7, 11) is -3.84. The van der Waals surface area contributed by atoms with Gasteiger partial charge >= 0.3 is 0 Å². The van der Waals surface area contributed by atoms with Crippen molar-refractivity contribution in [3.8, 4) is 5.75 Å². The third-order valence-corrected chi connectivity index (χ3v) is 6.49. The lowest BCUT2D eigenvalue weighted by Crippen LogP contribution is -2.16. The molecular formula is C18H19N5O4S3. The lowest BCUT2D eigenvalue weighted by molar-refractivity contribution is -0.113. The van der Waals surface area contributed by atoms with Gasteiger partial charge in [-0.25, -0.2) is 13.6 Å². The van der Waals surface area contributed by atoms with Crippen molar-refractivity contribution in [2.75, 3.05) is 23.0 Å². The largest absolute Gasteiger partial charge is 0.492 e. The number of anilines is 3. The van der Waals surface area contributed by atoms with Crippen molar-refractivity contribution in [2.24, 2.45) is 5.14 Å². The summed E-state index contributed by atoms with van der Waals surface area (Å²) < 4.78 is 29.0. The van der Waals surface area contributed by atoms with Gasteiger partial charge in [0.1, 0.15) is 5.75 Å². The predicted octanol–water partition coefficient (Wildman–Crippen LogP) is 3.06. The van der Waals surface area contributed by atoms with E-state index in [1.807, 2.05) is 31.2 Å². The van der Waals surface area contributed by atoms with Crippen molar-refractivity contribution in [1.29, 1.82) is 0 Å². The fourth-order valence-corrected chi connectivity index (χ4v) is 4.48. The van der Waals surface area contributed by atoms with Crippen LogP contribution < -0.4 is 20.5 Å². The van der Waals surface area contributed by atoms with E-state index in [9.17, 15) is 13.2 Å². The number of para-hydroxylation sites is 2. The molecule has 9 nitrogen and oxygen atoms in total. The van der Waals surface area contributed by atoms with Gasteiger partial charge in [0.2, 0.25) is 21.1 Å². The summed E-state index contributed by atoms with van der Waals surface area (Å²) in [4.78, 5) is 12.1. The van der Waals surface area contributed by atoms with E-state index in [1.54, 1.807) is 6.07 Å². The maximum Gasteiger partial charge on any atom is 0.238 e. The highest BCUT2D eigenvalue weighted by Gasteiger charge is 2.12. The smallest absolute Gasteiger partial charge is 0.238 e. The summed E-state index contributed by atoms with van der Waals surface area (Å²) in [6.45, 7) is 2.46. The quantitative estimate of drug-likeness (QED) is 0.410. The summed E-state index contributed by atoms with van der Waals surface area (Å²) in [6, 6.07) is 13.3. The molecule has 1 heterocycles. The van der Waals surface area contributed by atoms with E-state index in [2.05, 4.69) is 20.8 Å². The van der Waals surface area contributed by atoms with E-state index >= 15 is 0 Å². The Labute approximate surface area is 182 Å². The standard InChI is InChI=1S/C18H19N5O4S3/c1-2-27-15-9-4-3-8-14(15)21-17-22-23-18(29-17)28-11-16(24)20-12-6-5-7-13(10-12)30(19,25)26/h3-10H,2,11H2,1H3,(H,20,24)(H,21,22)(H2,19,25,26). The summed E-state index contributed by atoms with van der Waals surface area (Å²) in [5.41, 5.74) is 1.12. The minimum Gasteiger partial charge on any atom is -0.492 e. The lowest BCUT2D eigenvalue weighted by atomic mass is 10.3. The van der Waals surface area contributed by atoms with Crippen LogP contribution in [0.1, 0.15) is 6.92 Å². The van der Waals surface area contributed by atoms with Gasteiger partial charge in [-0.2, -0.15) is 0 Å². The van der Waals surface area contributed by atoms with Crippen LogP contribution in [0.15, 0.2) is 57.8 Å². The van der Waals surface area contributed by atoms with Crippen LogP contribution in [-0.4, -0.2) is 36.9 Å². The molecule has 4 N–H and O–H groups in total. The molecule has 0 fully saturated rings. The number of sulfonamides is 1. The summed E-state index contributed by atoms with van der Waals surface area (Å²) in [6.07, 6.45) is 0. The number of hydrogen-bond donors (Lipinski definition) is 3. The van der Waals surface area contributed by atoms with Gasteiger partial charge in [0.25, 0.3) is 0 Å². The second kappa shape index (κ2) is 9.89. The molecule has 0 atom stereocenters. The highest BCUT2D eigenvalue weighted by molar-refractivity contribution is 8.01. The van der Waals surface area contributed by atoms with Crippen molar-refractivity contribution < 1.29 is 17.9 Å². The third kappa shape index (κ3) is 6.16. The van der Waals surface area contributed by atoms with Crippen molar-refractivity contribution in [3.63, 3.8) is 0 Å². The second-order valence-corrected chi connectivity index (χ2v) is 9.60. The molecule has 0 aliphatic heterocycles. The molecule has 0 saturated heterocycles. The summed E-state index contributed by atoms with van der Waals surface area (Å²) in [5, 5.41) is 19.6. The first-order valence-corrected chi connectivity index (χ1v) is 12.1. The molecule has 3 rings (SSSR count). The van der Waals surface area contributed by atoms with Crippen LogP contribution in [0.25, 0.3) is 0 Å². The zero-order valence-electron chi connectivity index (χ0n) is 15.9. The minimum absolute atomic E-state index is 0.0693. The molecule has 0 saturated carbocycles. The molecule has 0 aliphatic carbocycles. The number of aromatic nitrogens is 2. The molecule has 0 bridgehead atoms. The number of nitrogens with two attached hydrogens (primary N) is 1. The highest BCUT2D eigenvalue weighted by Crippen LogP contribution is 2.31. The van der Waals surface area contributed by atoms with Crippen LogP contribution in [0.3, 0.4) is 0 Å². The number of amides is 1. The maximum atomic E-state index is 12.2. The molecule has 12 heteroatoms. The van der Waals surface area contributed by atoms with Gasteiger partial charge in [0.15, 0.2) is 4.34 Å². The zero-order chi connectivity index (χ0) is 21.6. The fraction of sp³-hybridized carbons (Fsp3) is 0.167. The number of primary sulfonamides is 1. The summed E-state index contributed by atoms with van der Waals surface area (Å²) >= 11 is 2.53. The Hall–Kier alpha value is -2.67. The molecule has 2 aromatic carbocycles.